The first-order valence-electron chi connectivity index (χ1n) is 10.2. The van der Waals surface area contributed by atoms with Crippen LogP contribution in [0.4, 0.5) is 11.4 Å². The predicted molar refractivity (Wildman–Crippen MR) is 116 cm³/mol. The molecule has 8 nitrogen and oxygen atoms in total. The van der Waals surface area contributed by atoms with E-state index in [-0.39, 0.29) is 11.4 Å². The number of amides is 1. The molecule has 0 fully saturated rings. The molecule has 8 heteroatoms. The number of aromatic amines is 1. The number of H-pyrrole nitrogens is 1. The van der Waals surface area contributed by atoms with Crippen LogP contribution in [-0.4, -0.2) is 28.4 Å². The van der Waals surface area contributed by atoms with Gasteiger partial charge in [0.2, 0.25) is 0 Å². The van der Waals surface area contributed by atoms with Crippen LogP contribution in [0.25, 0.3) is 10.9 Å². The number of benzene rings is 2. The van der Waals surface area contributed by atoms with E-state index in [1.54, 1.807) is 31.2 Å². The number of carbonyl (C=O) groups is 2. The molecule has 1 aliphatic rings. The lowest BCUT2D eigenvalue weighted by molar-refractivity contribution is -0.384. The van der Waals surface area contributed by atoms with Gasteiger partial charge in [0.15, 0.2) is 6.61 Å². The quantitative estimate of drug-likeness (QED) is 0.362. The van der Waals surface area contributed by atoms with Crippen molar-refractivity contribution in [3.8, 4) is 0 Å². The number of carbonyl (C=O) groups excluding carboxylic acids is 2. The van der Waals surface area contributed by atoms with E-state index in [1.165, 1.54) is 17.3 Å². The molecule has 31 heavy (non-hydrogen) atoms. The van der Waals surface area contributed by atoms with E-state index in [0.29, 0.717) is 17.0 Å². The summed E-state index contributed by atoms with van der Waals surface area (Å²) in [5.74, 6) is -0.661. The number of para-hydroxylation sites is 1. The number of hydrogen-bond acceptors (Lipinski definition) is 5. The lowest BCUT2D eigenvalue weighted by Crippen LogP contribution is -2.22. The van der Waals surface area contributed by atoms with Crippen molar-refractivity contribution in [2.75, 3.05) is 11.9 Å². The average molecular weight is 421 g/mol. The predicted octanol–water partition coefficient (Wildman–Crippen LogP) is 4.30. The topological polar surface area (TPSA) is 114 Å². The van der Waals surface area contributed by atoms with Crippen molar-refractivity contribution < 1.29 is 19.2 Å². The van der Waals surface area contributed by atoms with Crippen LogP contribution in [0.1, 0.15) is 40.5 Å². The first-order valence-corrected chi connectivity index (χ1v) is 10.2. The van der Waals surface area contributed by atoms with E-state index < -0.39 is 23.4 Å². The van der Waals surface area contributed by atoms with Crippen molar-refractivity contribution in [3.05, 3.63) is 68.9 Å². The van der Waals surface area contributed by atoms with Crippen LogP contribution in [-0.2, 0) is 22.4 Å². The van der Waals surface area contributed by atoms with Gasteiger partial charge in [-0.15, -0.1) is 0 Å². The summed E-state index contributed by atoms with van der Waals surface area (Å²) < 4.78 is 5.16. The van der Waals surface area contributed by atoms with Gasteiger partial charge in [-0.3, -0.25) is 14.9 Å². The maximum absolute atomic E-state index is 12.5. The third-order valence-corrected chi connectivity index (χ3v) is 5.72. The Morgan fingerprint density at radius 2 is 2.10 bits per heavy atom. The molecule has 1 heterocycles. The van der Waals surface area contributed by atoms with E-state index in [9.17, 15) is 19.7 Å². The van der Waals surface area contributed by atoms with E-state index in [0.717, 1.165) is 30.2 Å². The molecule has 2 aromatic carbocycles. The van der Waals surface area contributed by atoms with Gasteiger partial charge in [-0.2, -0.15) is 0 Å². The zero-order valence-electron chi connectivity index (χ0n) is 17.4. The minimum Gasteiger partial charge on any atom is -0.452 e. The van der Waals surface area contributed by atoms with Crippen LogP contribution in [0.2, 0.25) is 0 Å². The maximum Gasteiger partial charge on any atom is 0.338 e. The third-order valence-electron chi connectivity index (χ3n) is 5.72. The fourth-order valence-electron chi connectivity index (χ4n) is 4.08. The zero-order valence-corrected chi connectivity index (χ0v) is 17.4. The number of rotatable bonds is 5. The Balaban J connectivity index is 1.46. The molecule has 1 unspecified atom stereocenters. The van der Waals surface area contributed by atoms with Gasteiger partial charge in [0.05, 0.1) is 10.5 Å². The normalized spacial score (nSPS) is 15.4. The summed E-state index contributed by atoms with van der Waals surface area (Å²) >= 11 is 0. The molecule has 0 spiro atoms. The van der Waals surface area contributed by atoms with Gasteiger partial charge >= 0.3 is 5.97 Å². The molecular weight excluding hydrogens is 398 g/mol. The molecule has 0 saturated carbocycles. The van der Waals surface area contributed by atoms with E-state index in [2.05, 4.69) is 17.2 Å². The van der Waals surface area contributed by atoms with Gasteiger partial charge < -0.3 is 15.0 Å². The number of nitro benzene ring substituents is 1. The van der Waals surface area contributed by atoms with Gasteiger partial charge in [0.25, 0.3) is 11.6 Å². The highest BCUT2D eigenvalue weighted by molar-refractivity contribution is 5.99. The number of nitro groups is 1. The summed E-state index contributed by atoms with van der Waals surface area (Å²) in [6, 6.07) is 9.82. The van der Waals surface area contributed by atoms with E-state index in [1.807, 2.05) is 6.07 Å². The second-order valence-corrected chi connectivity index (χ2v) is 8.04. The Kier molecular flexibility index (Phi) is 5.46. The standard InChI is InChI=1S/C23H23N3O5/c1-13-6-8-18-16(10-13)17-11-15(7-9-19(17)24-18)23(28)31-12-21(27)25-22-14(2)4-3-5-20(22)26(29)30/h3-5,7,9,11,13,24H,6,8,10,12H2,1-2H3,(H,25,27). The number of aryl methyl sites for hydroxylation is 2. The Morgan fingerprint density at radius 3 is 2.87 bits per heavy atom. The number of anilines is 1. The molecular formula is C23H23N3O5. The number of fused-ring (bicyclic) bond motifs is 3. The smallest absolute Gasteiger partial charge is 0.338 e. The van der Waals surface area contributed by atoms with Crippen LogP contribution in [0, 0.1) is 23.0 Å². The highest BCUT2D eigenvalue weighted by Gasteiger charge is 2.22. The van der Waals surface area contributed by atoms with Crippen LogP contribution < -0.4 is 5.32 Å². The molecule has 4 rings (SSSR count). The summed E-state index contributed by atoms with van der Waals surface area (Å²) in [6.45, 7) is 3.34. The molecule has 0 bridgehead atoms. The fourth-order valence-corrected chi connectivity index (χ4v) is 4.08. The molecule has 2 N–H and O–H groups in total. The van der Waals surface area contributed by atoms with Gasteiger partial charge in [0, 0.05) is 22.7 Å². The van der Waals surface area contributed by atoms with Crippen LogP contribution >= 0.6 is 0 Å². The van der Waals surface area contributed by atoms with Crippen molar-refractivity contribution in [1.29, 1.82) is 0 Å². The highest BCUT2D eigenvalue weighted by Crippen LogP contribution is 2.32. The number of ether oxygens (including phenoxy) is 1. The molecule has 0 aliphatic heterocycles. The van der Waals surface area contributed by atoms with Crippen molar-refractivity contribution in [1.82, 2.24) is 4.98 Å². The van der Waals surface area contributed by atoms with Crippen LogP contribution in [0.3, 0.4) is 0 Å². The minimum absolute atomic E-state index is 0.100. The number of esters is 1. The molecule has 1 atom stereocenters. The average Bonchev–Trinajstić information content (AvgIpc) is 3.10. The van der Waals surface area contributed by atoms with E-state index in [4.69, 9.17) is 4.74 Å². The molecule has 0 saturated heterocycles. The van der Waals surface area contributed by atoms with Crippen molar-refractivity contribution in [2.45, 2.75) is 33.1 Å². The Hall–Kier alpha value is -3.68. The monoisotopic (exact) mass is 421 g/mol. The van der Waals surface area contributed by atoms with Crippen LogP contribution in [0.15, 0.2) is 36.4 Å². The second-order valence-electron chi connectivity index (χ2n) is 8.04. The van der Waals surface area contributed by atoms with E-state index >= 15 is 0 Å². The van der Waals surface area contributed by atoms with Crippen LogP contribution in [0.5, 0.6) is 0 Å². The molecule has 0 radical (unpaired) electrons. The lowest BCUT2D eigenvalue weighted by atomic mass is 9.87. The number of nitrogens with zero attached hydrogens (tertiary/aromatic N) is 1. The summed E-state index contributed by atoms with van der Waals surface area (Å²) in [5.41, 5.74) is 4.25. The third kappa shape index (κ3) is 4.14. The van der Waals surface area contributed by atoms with Gasteiger partial charge in [0.1, 0.15) is 5.69 Å². The van der Waals surface area contributed by atoms with Crippen molar-refractivity contribution in [2.24, 2.45) is 5.92 Å². The minimum atomic E-state index is -0.639. The summed E-state index contributed by atoms with van der Waals surface area (Å²) in [4.78, 5) is 38.8. The Bertz CT molecular complexity index is 1200. The lowest BCUT2D eigenvalue weighted by Gasteiger charge is -2.18. The second kappa shape index (κ2) is 8.22. The van der Waals surface area contributed by atoms with Crippen molar-refractivity contribution >= 4 is 34.2 Å². The van der Waals surface area contributed by atoms with Gasteiger partial charge in [-0.25, -0.2) is 4.79 Å². The number of aromatic nitrogens is 1. The fraction of sp³-hybridized carbons (Fsp3) is 0.304. The zero-order chi connectivity index (χ0) is 22.1. The largest absolute Gasteiger partial charge is 0.452 e. The summed E-state index contributed by atoms with van der Waals surface area (Å²) in [5, 5.41) is 14.7. The van der Waals surface area contributed by atoms with Crippen molar-refractivity contribution in [3.63, 3.8) is 0 Å². The Morgan fingerprint density at radius 1 is 1.29 bits per heavy atom. The molecule has 3 aromatic rings. The molecule has 1 aliphatic carbocycles. The molecule has 1 amide bonds. The highest BCUT2D eigenvalue weighted by atomic mass is 16.6. The molecule has 1 aromatic heterocycles. The Labute approximate surface area is 178 Å². The SMILES string of the molecule is Cc1cccc([N+](=O)[O-])c1NC(=O)COC(=O)c1ccc2[nH]c3c(c2c1)CC(C)CC3. The number of nitrogens with one attached hydrogen (secondary N) is 2. The van der Waals surface area contributed by atoms with Gasteiger partial charge in [-0.05, 0) is 61.4 Å². The first-order chi connectivity index (χ1) is 14.8. The molecule has 160 valence electrons. The first kappa shape index (κ1) is 20.6. The summed E-state index contributed by atoms with van der Waals surface area (Å²) in [7, 11) is 0. The number of hydrogen-bond donors (Lipinski definition) is 2. The summed E-state index contributed by atoms with van der Waals surface area (Å²) in [6.07, 6.45) is 3.10. The van der Waals surface area contributed by atoms with Gasteiger partial charge in [-0.1, -0.05) is 19.1 Å². The maximum atomic E-state index is 12.5.